The van der Waals surface area contributed by atoms with Crippen molar-refractivity contribution in [2.45, 2.75) is 38.8 Å². The maximum Gasteiger partial charge on any atom is 0.306 e. The van der Waals surface area contributed by atoms with Gasteiger partial charge in [0.1, 0.15) is 0 Å². The smallest absolute Gasteiger partial charge is 0.306 e. The lowest BCUT2D eigenvalue weighted by Crippen LogP contribution is -2.64. The molecule has 2 unspecified atom stereocenters. The van der Waals surface area contributed by atoms with Gasteiger partial charge in [-0.1, -0.05) is 30.7 Å². The molecule has 2 N–H and O–H groups in total. The molecular formula is C17H23ClN2O3. The molecule has 2 atom stereocenters. The zero-order valence-electron chi connectivity index (χ0n) is 13.5. The summed E-state index contributed by atoms with van der Waals surface area (Å²) >= 11 is 6.01. The average Bonchev–Trinajstić information content (AvgIpc) is 2.47. The van der Waals surface area contributed by atoms with Gasteiger partial charge in [0.05, 0.1) is 11.5 Å². The van der Waals surface area contributed by atoms with Gasteiger partial charge < -0.3 is 15.3 Å². The third-order valence-corrected chi connectivity index (χ3v) is 4.65. The van der Waals surface area contributed by atoms with E-state index in [9.17, 15) is 9.59 Å². The molecule has 5 nitrogen and oxygen atoms in total. The predicted octanol–water partition coefficient (Wildman–Crippen LogP) is 2.53. The normalized spacial score (nSPS) is 21.3. The second kappa shape index (κ2) is 7.32. The summed E-state index contributed by atoms with van der Waals surface area (Å²) in [7, 11) is 0. The molecule has 1 amide bonds. The number of carbonyl (C=O) groups is 2. The summed E-state index contributed by atoms with van der Waals surface area (Å²) in [6.07, 6.45) is 1.23. The molecule has 1 heterocycles. The van der Waals surface area contributed by atoms with Crippen molar-refractivity contribution in [3.8, 4) is 0 Å². The Labute approximate surface area is 141 Å². The molecule has 126 valence electrons. The number of carboxylic acids is 1. The Bertz CT molecular complexity index is 587. The number of nitrogens with zero attached hydrogens (tertiary/aromatic N) is 1. The maximum atomic E-state index is 12.8. The Hall–Kier alpha value is -1.59. The van der Waals surface area contributed by atoms with Gasteiger partial charge in [0.2, 0.25) is 5.91 Å². The molecule has 1 saturated heterocycles. The number of halogens is 1. The summed E-state index contributed by atoms with van der Waals surface area (Å²) in [5.74, 6) is -1.30. The summed E-state index contributed by atoms with van der Waals surface area (Å²) in [4.78, 5) is 25.6. The Balaban J connectivity index is 2.10. The molecule has 0 bridgehead atoms. The molecule has 6 heteroatoms. The first-order chi connectivity index (χ1) is 10.8. The molecular weight excluding hydrogens is 316 g/mol. The van der Waals surface area contributed by atoms with Crippen LogP contribution < -0.4 is 5.32 Å². The van der Waals surface area contributed by atoms with Crippen LogP contribution in [0.15, 0.2) is 24.3 Å². The Morgan fingerprint density at radius 1 is 1.48 bits per heavy atom. The highest BCUT2D eigenvalue weighted by molar-refractivity contribution is 6.30. The van der Waals surface area contributed by atoms with Crippen LogP contribution in [0.3, 0.4) is 0 Å². The van der Waals surface area contributed by atoms with Crippen molar-refractivity contribution >= 4 is 23.5 Å². The molecule has 1 aromatic rings. The standard InChI is InChI=1S/C17H23ClN2O3/c1-12(15(21)22)6-9-20(16(23)17(2)7-8-19-17)11-13-4-3-5-14(18)10-13/h3-5,10,12,19H,6-9,11H2,1-2H3,(H,21,22). The molecule has 0 aromatic heterocycles. The highest BCUT2D eigenvalue weighted by Gasteiger charge is 2.41. The van der Waals surface area contributed by atoms with Gasteiger partial charge in [-0.15, -0.1) is 0 Å². The minimum atomic E-state index is -0.840. The minimum Gasteiger partial charge on any atom is -0.481 e. The molecule has 1 aliphatic rings. The fraction of sp³-hybridized carbons (Fsp3) is 0.529. The number of benzene rings is 1. The summed E-state index contributed by atoms with van der Waals surface area (Å²) in [6.45, 7) is 5.23. The van der Waals surface area contributed by atoms with Crippen LogP contribution in [0.2, 0.25) is 5.02 Å². The average molecular weight is 339 g/mol. The monoisotopic (exact) mass is 338 g/mol. The van der Waals surface area contributed by atoms with Crippen molar-refractivity contribution in [2.75, 3.05) is 13.1 Å². The van der Waals surface area contributed by atoms with Crippen molar-refractivity contribution in [1.82, 2.24) is 10.2 Å². The lowest BCUT2D eigenvalue weighted by molar-refractivity contribution is -0.144. The first-order valence-electron chi connectivity index (χ1n) is 7.83. The van der Waals surface area contributed by atoms with E-state index in [2.05, 4.69) is 5.32 Å². The maximum absolute atomic E-state index is 12.8. The van der Waals surface area contributed by atoms with Crippen LogP contribution in [0.5, 0.6) is 0 Å². The zero-order chi connectivity index (χ0) is 17.0. The van der Waals surface area contributed by atoms with E-state index in [0.717, 1.165) is 18.5 Å². The highest BCUT2D eigenvalue weighted by atomic mass is 35.5. The number of carboxylic acid groups (broad SMARTS) is 1. The number of hydrogen-bond donors (Lipinski definition) is 2. The highest BCUT2D eigenvalue weighted by Crippen LogP contribution is 2.23. The van der Waals surface area contributed by atoms with Crippen LogP contribution in [0.4, 0.5) is 0 Å². The number of amides is 1. The van der Waals surface area contributed by atoms with Crippen molar-refractivity contribution in [1.29, 1.82) is 0 Å². The number of hydrogen-bond acceptors (Lipinski definition) is 3. The Morgan fingerprint density at radius 2 is 2.17 bits per heavy atom. The summed E-state index contributed by atoms with van der Waals surface area (Å²) in [5.41, 5.74) is 0.405. The number of nitrogens with one attached hydrogen (secondary N) is 1. The number of rotatable bonds is 7. The van der Waals surface area contributed by atoms with Crippen LogP contribution in [0, 0.1) is 5.92 Å². The predicted molar refractivity (Wildman–Crippen MR) is 89.3 cm³/mol. The van der Waals surface area contributed by atoms with Crippen LogP contribution in [0.25, 0.3) is 0 Å². The lowest BCUT2D eigenvalue weighted by Gasteiger charge is -2.42. The van der Waals surface area contributed by atoms with E-state index in [1.165, 1.54) is 0 Å². The van der Waals surface area contributed by atoms with Gasteiger partial charge in [-0.3, -0.25) is 9.59 Å². The molecule has 1 aromatic carbocycles. The van der Waals surface area contributed by atoms with Gasteiger partial charge in [0, 0.05) is 18.1 Å². The first-order valence-corrected chi connectivity index (χ1v) is 8.21. The van der Waals surface area contributed by atoms with Crippen molar-refractivity contribution < 1.29 is 14.7 Å². The third kappa shape index (κ3) is 4.45. The topological polar surface area (TPSA) is 69.6 Å². The third-order valence-electron chi connectivity index (χ3n) is 4.42. The lowest BCUT2D eigenvalue weighted by atomic mass is 9.88. The van der Waals surface area contributed by atoms with E-state index < -0.39 is 17.4 Å². The number of carbonyl (C=O) groups excluding carboxylic acids is 1. The summed E-state index contributed by atoms with van der Waals surface area (Å²) in [5, 5.41) is 12.8. The van der Waals surface area contributed by atoms with Crippen molar-refractivity contribution in [2.24, 2.45) is 5.92 Å². The van der Waals surface area contributed by atoms with E-state index in [1.54, 1.807) is 17.9 Å². The molecule has 0 aliphatic carbocycles. The molecule has 1 fully saturated rings. The van der Waals surface area contributed by atoms with Crippen LogP contribution in [0.1, 0.15) is 32.3 Å². The second-order valence-electron chi connectivity index (χ2n) is 6.39. The molecule has 1 aliphatic heterocycles. The Kier molecular flexibility index (Phi) is 5.65. The van der Waals surface area contributed by atoms with Gasteiger partial charge in [-0.2, -0.15) is 0 Å². The van der Waals surface area contributed by atoms with E-state index in [0.29, 0.717) is 24.5 Å². The van der Waals surface area contributed by atoms with Crippen LogP contribution in [-0.4, -0.2) is 40.5 Å². The Morgan fingerprint density at radius 3 is 2.70 bits per heavy atom. The summed E-state index contributed by atoms with van der Waals surface area (Å²) in [6, 6.07) is 7.39. The SMILES string of the molecule is CC(CCN(Cc1cccc(Cl)c1)C(=O)C1(C)CCN1)C(=O)O. The second-order valence-corrected chi connectivity index (χ2v) is 6.83. The summed E-state index contributed by atoms with van der Waals surface area (Å²) < 4.78 is 0. The fourth-order valence-electron chi connectivity index (χ4n) is 2.61. The van der Waals surface area contributed by atoms with E-state index in [-0.39, 0.29) is 5.91 Å². The van der Waals surface area contributed by atoms with Crippen molar-refractivity contribution in [3.63, 3.8) is 0 Å². The minimum absolute atomic E-state index is 0.0151. The van der Waals surface area contributed by atoms with Crippen LogP contribution >= 0.6 is 11.6 Å². The quantitative estimate of drug-likeness (QED) is 0.801. The zero-order valence-corrected chi connectivity index (χ0v) is 14.3. The number of aliphatic carboxylic acids is 1. The first kappa shape index (κ1) is 17.8. The van der Waals surface area contributed by atoms with Gasteiger partial charge in [0.25, 0.3) is 0 Å². The van der Waals surface area contributed by atoms with Gasteiger partial charge in [-0.25, -0.2) is 0 Å². The molecule has 2 rings (SSSR count). The van der Waals surface area contributed by atoms with Crippen LogP contribution in [-0.2, 0) is 16.1 Å². The molecule has 0 radical (unpaired) electrons. The molecule has 23 heavy (non-hydrogen) atoms. The van der Waals surface area contributed by atoms with Crippen molar-refractivity contribution in [3.05, 3.63) is 34.9 Å². The van der Waals surface area contributed by atoms with Gasteiger partial charge >= 0.3 is 5.97 Å². The van der Waals surface area contributed by atoms with E-state index in [4.69, 9.17) is 16.7 Å². The fourth-order valence-corrected chi connectivity index (χ4v) is 2.83. The van der Waals surface area contributed by atoms with E-state index >= 15 is 0 Å². The molecule has 0 spiro atoms. The van der Waals surface area contributed by atoms with E-state index in [1.807, 2.05) is 25.1 Å². The van der Waals surface area contributed by atoms with Gasteiger partial charge in [-0.05, 0) is 44.0 Å². The largest absolute Gasteiger partial charge is 0.481 e. The van der Waals surface area contributed by atoms with Gasteiger partial charge in [0.15, 0.2) is 0 Å². The molecule has 0 saturated carbocycles.